The van der Waals surface area contributed by atoms with Crippen molar-refractivity contribution in [3.63, 3.8) is 0 Å². The molecule has 1 atom stereocenters. The van der Waals surface area contributed by atoms with Crippen LogP contribution >= 0.6 is 0 Å². The Kier molecular flexibility index (Phi) is 5.89. The minimum atomic E-state index is -0.613. The summed E-state index contributed by atoms with van der Waals surface area (Å²) < 4.78 is 16.0. The van der Waals surface area contributed by atoms with Crippen molar-refractivity contribution in [2.24, 2.45) is 11.1 Å². The van der Waals surface area contributed by atoms with Gasteiger partial charge in [0.1, 0.15) is 0 Å². The van der Waals surface area contributed by atoms with Crippen LogP contribution in [0.2, 0.25) is 0 Å². The molecule has 0 bridgehead atoms. The Hall–Kier alpha value is -2.44. The first kappa shape index (κ1) is 17.9. The molecule has 1 heterocycles. The van der Waals surface area contributed by atoms with Crippen molar-refractivity contribution in [3.8, 4) is 17.2 Å². The molecule has 1 N–H and O–H groups in total. The molecule has 1 aliphatic rings. The van der Waals surface area contributed by atoms with Crippen LogP contribution in [0.3, 0.4) is 0 Å². The van der Waals surface area contributed by atoms with Crippen molar-refractivity contribution < 1.29 is 23.8 Å². The quantitative estimate of drug-likeness (QED) is 0.824. The van der Waals surface area contributed by atoms with Crippen LogP contribution in [0.1, 0.15) is 25.8 Å². The molecule has 0 saturated carbocycles. The van der Waals surface area contributed by atoms with Crippen LogP contribution in [-0.2, 0) is 9.63 Å². The first-order valence-electron chi connectivity index (χ1n) is 7.80. The van der Waals surface area contributed by atoms with E-state index < -0.39 is 6.10 Å². The summed E-state index contributed by atoms with van der Waals surface area (Å²) >= 11 is 0. The molecule has 0 saturated heterocycles. The highest BCUT2D eigenvalue weighted by Gasteiger charge is 2.30. The van der Waals surface area contributed by atoms with Crippen LogP contribution in [0, 0.1) is 5.92 Å². The second kappa shape index (κ2) is 7.90. The molecular weight excluding hydrogens is 312 g/mol. The lowest BCUT2D eigenvalue weighted by Gasteiger charge is -2.14. The van der Waals surface area contributed by atoms with Crippen molar-refractivity contribution >= 4 is 11.6 Å². The highest BCUT2D eigenvalue weighted by molar-refractivity contribution is 6.04. The van der Waals surface area contributed by atoms with E-state index in [1.165, 1.54) is 0 Å². The summed E-state index contributed by atoms with van der Waals surface area (Å²) in [7, 11) is 4.65. The Bertz CT molecular complexity index is 602. The van der Waals surface area contributed by atoms with E-state index in [1.807, 2.05) is 13.8 Å². The molecule has 1 aromatic rings. The van der Waals surface area contributed by atoms with Gasteiger partial charge in [0.05, 0.1) is 27.0 Å². The smallest absolute Gasteiger partial charge is 0.264 e. The monoisotopic (exact) mass is 336 g/mol. The number of benzene rings is 1. The molecule has 7 heteroatoms. The summed E-state index contributed by atoms with van der Waals surface area (Å²) in [5, 5.41) is 6.90. The third-order valence-corrected chi connectivity index (χ3v) is 3.64. The highest BCUT2D eigenvalue weighted by atomic mass is 16.6. The molecule has 1 aliphatic heterocycles. The van der Waals surface area contributed by atoms with E-state index in [0.29, 0.717) is 41.8 Å². The van der Waals surface area contributed by atoms with Crippen LogP contribution in [0.4, 0.5) is 0 Å². The van der Waals surface area contributed by atoms with Crippen LogP contribution in [-0.4, -0.2) is 45.6 Å². The Morgan fingerprint density at radius 1 is 1.25 bits per heavy atom. The predicted molar refractivity (Wildman–Crippen MR) is 90.0 cm³/mol. The fraction of sp³-hybridized carbons (Fsp3) is 0.529. The maximum atomic E-state index is 12.1. The van der Waals surface area contributed by atoms with Crippen molar-refractivity contribution in [2.75, 3.05) is 27.9 Å². The maximum absolute atomic E-state index is 12.1. The Morgan fingerprint density at radius 2 is 1.88 bits per heavy atom. The van der Waals surface area contributed by atoms with Gasteiger partial charge in [0, 0.05) is 18.5 Å². The largest absolute Gasteiger partial charge is 0.493 e. The number of oxime groups is 1. The van der Waals surface area contributed by atoms with Crippen LogP contribution in [0.5, 0.6) is 17.2 Å². The van der Waals surface area contributed by atoms with Gasteiger partial charge in [0.15, 0.2) is 11.5 Å². The van der Waals surface area contributed by atoms with Gasteiger partial charge in [-0.1, -0.05) is 19.0 Å². The molecule has 0 spiro atoms. The number of carbonyl (C=O) groups excluding carboxylic acids is 1. The number of amides is 1. The van der Waals surface area contributed by atoms with Gasteiger partial charge in [-0.15, -0.1) is 0 Å². The van der Waals surface area contributed by atoms with Gasteiger partial charge in [-0.05, 0) is 18.1 Å². The molecule has 132 valence electrons. The molecular formula is C17H24N2O5. The summed E-state index contributed by atoms with van der Waals surface area (Å²) in [4.78, 5) is 17.4. The Balaban J connectivity index is 2.14. The topological polar surface area (TPSA) is 78.4 Å². The summed E-state index contributed by atoms with van der Waals surface area (Å²) in [6.45, 7) is 4.68. The standard InChI is InChI=1S/C17H24N2O5/c1-10(2)9-18-17(20)15-8-12(19-24-15)11-6-13(21-3)16(23-5)14(7-11)22-4/h6-7,10,15H,8-9H2,1-5H3,(H,18,20). The van der Waals surface area contributed by atoms with Crippen molar-refractivity contribution in [1.82, 2.24) is 5.32 Å². The molecule has 0 aliphatic carbocycles. The molecule has 1 amide bonds. The summed E-state index contributed by atoms with van der Waals surface area (Å²) in [5.41, 5.74) is 1.43. The van der Waals surface area contributed by atoms with Crippen LogP contribution in [0.25, 0.3) is 0 Å². The van der Waals surface area contributed by atoms with E-state index in [9.17, 15) is 4.79 Å². The molecule has 0 radical (unpaired) electrons. The van der Waals surface area contributed by atoms with Gasteiger partial charge in [0.25, 0.3) is 5.91 Å². The average molecular weight is 336 g/mol. The van der Waals surface area contributed by atoms with E-state index >= 15 is 0 Å². The number of nitrogens with zero attached hydrogens (tertiary/aromatic N) is 1. The minimum absolute atomic E-state index is 0.158. The zero-order chi connectivity index (χ0) is 17.7. The third-order valence-electron chi connectivity index (χ3n) is 3.64. The zero-order valence-corrected chi connectivity index (χ0v) is 14.7. The van der Waals surface area contributed by atoms with Gasteiger partial charge in [-0.3, -0.25) is 4.79 Å². The van der Waals surface area contributed by atoms with E-state index in [4.69, 9.17) is 19.0 Å². The van der Waals surface area contributed by atoms with Gasteiger partial charge in [-0.25, -0.2) is 0 Å². The minimum Gasteiger partial charge on any atom is -0.493 e. The molecule has 0 fully saturated rings. The second-order valence-corrected chi connectivity index (χ2v) is 5.89. The lowest BCUT2D eigenvalue weighted by molar-refractivity contribution is -0.131. The summed E-state index contributed by atoms with van der Waals surface area (Å²) in [5.74, 6) is 1.79. The summed E-state index contributed by atoms with van der Waals surface area (Å²) in [6.07, 6.45) is -0.222. The van der Waals surface area contributed by atoms with Gasteiger partial charge in [-0.2, -0.15) is 0 Å². The maximum Gasteiger partial charge on any atom is 0.264 e. The third kappa shape index (κ3) is 3.90. The number of nitrogens with one attached hydrogen (secondary N) is 1. The fourth-order valence-corrected chi connectivity index (χ4v) is 2.35. The Labute approximate surface area is 141 Å². The van der Waals surface area contributed by atoms with E-state index in [2.05, 4.69) is 10.5 Å². The molecule has 0 aromatic heterocycles. The molecule has 1 aromatic carbocycles. The lowest BCUT2D eigenvalue weighted by Crippen LogP contribution is -2.36. The van der Waals surface area contributed by atoms with E-state index in [0.717, 1.165) is 5.56 Å². The first-order chi connectivity index (χ1) is 11.5. The van der Waals surface area contributed by atoms with Gasteiger partial charge < -0.3 is 24.4 Å². The molecule has 24 heavy (non-hydrogen) atoms. The normalized spacial score (nSPS) is 16.4. The van der Waals surface area contributed by atoms with Crippen LogP contribution in [0.15, 0.2) is 17.3 Å². The molecule has 1 unspecified atom stereocenters. The van der Waals surface area contributed by atoms with Crippen LogP contribution < -0.4 is 19.5 Å². The Morgan fingerprint density at radius 3 is 2.38 bits per heavy atom. The fourth-order valence-electron chi connectivity index (χ4n) is 2.35. The highest BCUT2D eigenvalue weighted by Crippen LogP contribution is 2.39. The predicted octanol–water partition coefficient (Wildman–Crippen LogP) is 1.98. The summed E-state index contributed by atoms with van der Waals surface area (Å²) in [6, 6.07) is 3.58. The number of carbonyl (C=O) groups is 1. The molecule has 7 nitrogen and oxygen atoms in total. The zero-order valence-electron chi connectivity index (χ0n) is 14.7. The number of rotatable bonds is 7. The lowest BCUT2D eigenvalue weighted by atomic mass is 10.0. The SMILES string of the molecule is COc1cc(C2=NOC(C(=O)NCC(C)C)C2)cc(OC)c1OC. The van der Waals surface area contributed by atoms with Crippen molar-refractivity contribution in [1.29, 1.82) is 0 Å². The first-order valence-corrected chi connectivity index (χ1v) is 7.80. The second-order valence-electron chi connectivity index (χ2n) is 5.89. The number of methoxy groups -OCH3 is 3. The number of hydrogen-bond donors (Lipinski definition) is 1. The average Bonchev–Trinajstić information content (AvgIpc) is 3.08. The van der Waals surface area contributed by atoms with Gasteiger partial charge in [0.2, 0.25) is 11.9 Å². The van der Waals surface area contributed by atoms with Crippen molar-refractivity contribution in [2.45, 2.75) is 26.4 Å². The van der Waals surface area contributed by atoms with E-state index in [1.54, 1.807) is 33.5 Å². The number of hydrogen-bond acceptors (Lipinski definition) is 6. The molecule has 2 rings (SSSR count). The van der Waals surface area contributed by atoms with Gasteiger partial charge >= 0.3 is 0 Å². The van der Waals surface area contributed by atoms with E-state index in [-0.39, 0.29) is 5.91 Å². The number of ether oxygens (including phenoxy) is 3. The van der Waals surface area contributed by atoms with Crippen molar-refractivity contribution in [3.05, 3.63) is 17.7 Å².